The Hall–Kier alpha value is -3.44. The third-order valence-corrected chi connectivity index (χ3v) is 7.30. The van der Waals surface area contributed by atoms with Crippen LogP contribution in [0, 0.1) is 13.8 Å². The average molecular weight is 539 g/mol. The maximum Gasteiger partial charge on any atom is 0.408 e. The molecule has 0 aliphatic carbocycles. The molecule has 37 heavy (non-hydrogen) atoms. The molecule has 0 radical (unpaired) electrons. The van der Waals surface area contributed by atoms with Gasteiger partial charge < -0.3 is 15.4 Å². The molecule has 0 fully saturated rings. The number of aryl methyl sites for hydroxylation is 2. The van der Waals surface area contributed by atoms with Gasteiger partial charge in [0.15, 0.2) is 10.2 Å². The van der Waals surface area contributed by atoms with E-state index in [0.717, 1.165) is 22.4 Å². The lowest BCUT2D eigenvalue weighted by molar-refractivity contribution is -0.113. The number of hydrogen-bond donors (Lipinski definition) is 2. The van der Waals surface area contributed by atoms with Gasteiger partial charge in [0.05, 0.1) is 11.8 Å². The molecule has 0 aliphatic rings. The summed E-state index contributed by atoms with van der Waals surface area (Å²) in [5.41, 5.74) is 3.35. The molecular weight excluding hydrogens is 508 g/mol. The summed E-state index contributed by atoms with van der Waals surface area (Å²) in [7, 11) is 0. The number of carbonyl (C=O) groups is 2. The van der Waals surface area contributed by atoms with Gasteiger partial charge in [-0.25, -0.2) is 4.79 Å². The van der Waals surface area contributed by atoms with Gasteiger partial charge in [-0.2, -0.15) is 4.52 Å². The number of aromatic nitrogens is 4. The van der Waals surface area contributed by atoms with Gasteiger partial charge in [0.25, 0.3) is 0 Å². The summed E-state index contributed by atoms with van der Waals surface area (Å²) in [5.74, 6) is 0.584. The first-order valence-electron chi connectivity index (χ1n) is 11.8. The second kappa shape index (κ2) is 11.3. The van der Waals surface area contributed by atoms with Crippen LogP contribution in [0.5, 0.6) is 0 Å². The van der Waals surface area contributed by atoms with Crippen molar-refractivity contribution < 1.29 is 14.3 Å². The molecule has 2 amide bonds. The summed E-state index contributed by atoms with van der Waals surface area (Å²) in [5, 5.41) is 19.1. The minimum Gasteiger partial charge on any atom is -0.444 e. The normalized spacial score (nSPS) is 12.4. The lowest BCUT2D eigenvalue weighted by atomic mass is 10.1. The van der Waals surface area contributed by atoms with E-state index in [1.54, 1.807) is 4.52 Å². The highest BCUT2D eigenvalue weighted by molar-refractivity contribution is 8.01. The highest BCUT2D eigenvalue weighted by Gasteiger charge is 2.26. The van der Waals surface area contributed by atoms with E-state index in [1.807, 2.05) is 83.1 Å². The number of hydrogen-bond acceptors (Lipinski definition) is 8. The maximum absolute atomic E-state index is 12.6. The van der Waals surface area contributed by atoms with Crippen molar-refractivity contribution >= 4 is 45.7 Å². The molecule has 4 rings (SSSR count). The van der Waals surface area contributed by atoms with Crippen LogP contribution in [0.3, 0.4) is 0 Å². The predicted octanol–water partition coefficient (Wildman–Crippen LogP) is 5.34. The van der Waals surface area contributed by atoms with Crippen LogP contribution in [-0.4, -0.2) is 43.2 Å². The van der Waals surface area contributed by atoms with Crippen LogP contribution in [0.1, 0.15) is 49.3 Å². The van der Waals surface area contributed by atoms with Gasteiger partial charge in [-0.15, -0.1) is 15.3 Å². The van der Waals surface area contributed by atoms with E-state index in [1.165, 1.54) is 23.1 Å². The van der Waals surface area contributed by atoms with Gasteiger partial charge in [0, 0.05) is 12.1 Å². The molecule has 0 bridgehead atoms. The van der Waals surface area contributed by atoms with Gasteiger partial charge in [-0.1, -0.05) is 71.1 Å². The molecule has 2 heterocycles. The second-order valence-corrected chi connectivity index (χ2v) is 11.8. The van der Waals surface area contributed by atoms with Gasteiger partial charge in [0.1, 0.15) is 5.60 Å². The Morgan fingerprint density at radius 3 is 2.57 bits per heavy atom. The van der Waals surface area contributed by atoms with Crippen LogP contribution in [0.4, 0.5) is 10.5 Å². The van der Waals surface area contributed by atoms with Gasteiger partial charge in [0.2, 0.25) is 10.9 Å². The Bertz CT molecular complexity index is 1390. The number of amides is 2. The molecule has 0 saturated carbocycles. The van der Waals surface area contributed by atoms with Crippen molar-refractivity contribution in [3.05, 3.63) is 71.0 Å². The number of fused-ring (bicyclic) bond motifs is 1. The van der Waals surface area contributed by atoms with E-state index < -0.39 is 17.7 Å². The predicted molar refractivity (Wildman–Crippen MR) is 146 cm³/mol. The summed E-state index contributed by atoms with van der Waals surface area (Å²) >= 11 is 2.67. The number of nitrogens with one attached hydrogen (secondary N) is 2. The smallest absolute Gasteiger partial charge is 0.408 e. The molecule has 2 aromatic carbocycles. The summed E-state index contributed by atoms with van der Waals surface area (Å²) in [4.78, 5) is 25.7. The minimum absolute atomic E-state index is 0.114. The van der Waals surface area contributed by atoms with Crippen LogP contribution < -0.4 is 10.6 Å². The monoisotopic (exact) mass is 538 g/mol. The number of nitrogens with zero attached hydrogens (tertiary/aromatic N) is 4. The van der Waals surface area contributed by atoms with Gasteiger partial charge >= 0.3 is 6.09 Å². The molecule has 4 aromatic rings. The number of thioether (sulfide) groups is 1. The molecular formula is C26H30N6O3S2. The van der Waals surface area contributed by atoms with Crippen molar-refractivity contribution in [3.8, 4) is 0 Å². The first-order chi connectivity index (χ1) is 17.6. The van der Waals surface area contributed by atoms with Crippen LogP contribution in [0.15, 0.2) is 52.9 Å². The standard InChI is InChI=1S/C26H30N6O3S2/c1-16-11-12-19(17(2)13-16)27-21(33)15-36-25-31-32-22(29-30-23(32)37-25)20(14-18-9-7-6-8-10-18)28-24(34)35-26(3,4)5/h6-13,20H,14-15H2,1-5H3,(H,27,33)(H,28,34). The van der Waals surface area contributed by atoms with E-state index in [0.29, 0.717) is 21.5 Å². The highest BCUT2D eigenvalue weighted by Crippen LogP contribution is 2.27. The van der Waals surface area contributed by atoms with Crippen LogP contribution in [-0.2, 0) is 16.0 Å². The zero-order valence-electron chi connectivity index (χ0n) is 21.4. The molecule has 0 aliphatic heterocycles. The van der Waals surface area contributed by atoms with Crippen molar-refractivity contribution in [2.45, 2.75) is 57.0 Å². The Morgan fingerprint density at radius 2 is 1.86 bits per heavy atom. The maximum atomic E-state index is 12.6. The third-order valence-electron chi connectivity index (χ3n) is 5.26. The van der Waals surface area contributed by atoms with E-state index in [4.69, 9.17) is 4.74 Å². The molecule has 0 spiro atoms. The molecule has 1 unspecified atom stereocenters. The highest BCUT2D eigenvalue weighted by atomic mass is 32.2. The Morgan fingerprint density at radius 1 is 1.11 bits per heavy atom. The SMILES string of the molecule is Cc1ccc(NC(=O)CSc2nn3c(C(Cc4ccccc4)NC(=O)OC(C)(C)C)nnc3s2)c(C)c1. The van der Waals surface area contributed by atoms with E-state index in [9.17, 15) is 9.59 Å². The number of alkyl carbamates (subject to hydrolysis) is 1. The van der Waals surface area contributed by atoms with E-state index in [2.05, 4.69) is 25.9 Å². The Balaban J connectivity index is 1.49. The third kappa shape index (κ3) is 7.30. The van der Waals surface area contributed by atoms with Crippen LogP contribution in [0.25, 0.3) is 4.96 Å². The zero-order valence-corrected chi connectivity index (χ0v) is 23.1. The second-order valence-electron chi connectivity index (χ2n) is 9.66. The molecule has 2 aromatic heterocycles. The first kappa shape index (κ1) is 26.6. The van der Waals surface area contributed by atoms with Crippen molar-refractivity contribution in [1.29, 1.82) is 0 Å². The molecule has 0 saturated heterocycles. The Labute approximate surface area is 224 Å². The summed E-state index contributed by atoms with van der Waals surface area (Å²) in [6.45, 7) is 9.43. The number of anilines is 1. The fourth-order valence-corrected chi connectivity index (χ4v) is 5.35. The quantitative estimate of drug-likeness (QED) is 0.291. The molecule has 11 heteroatoms. The van der Waals surface area contributed by atoms with Crippen molar-refractivity contribution in [2.24, 2.45) is 0 Å². The summed E-state index contributed by atoms with van der Waals surface area (Å²) < 4.78 is 7.78. The molecule has 194 valence electrons. The first-order valence-corrected chi connectivity index (χ1v) is 13.6. The van der Waals surface area contributed by atoms with Crippen LogP contribution >= 0.6 is 23.1 Å². The number of rotatable bonds is 8. The van der Waals surface area contributed by atoms with Gasteiger partial charge in [-0.3, -0.25) is 4.79 Å². The summed E-state index contributed by atoms with van der Waals surface area (Å²) in [6.07, 6.45) is -0.0581. The van der Waals surface area contributed by atoms with Crippen molar-refractivity contribution in [1.82, 2.24) is 25.1 Å². The number of benzene rings is 2. The van der Waals surface area contributed by atoms with Crippen LogP contribution in [0.2, 0.25) is 0 Å². The van der Waals surface area contributed by atoms with E-state index in [-0.39, 0.29) is 11.7 Å². The Kier molecular flexibility index (Phi) is 8.13. The van der Waals surface area contributed by atoms with Crippen molar-refractivity contribution in [3.63, 3.8) is 0 Å². The summed E-state index contributed by atoms with van der Waals surface area (Å²) in [6, 6.07) is 15.2. The lowest BCUT2D eigenvalue weighted by Crippen LogP contribution is -2.36. The molecule has 9 nitrogen and oxygen atoms in total. The molecule has 1 atom stereocenters. The fraction of sp³-hybridized carbons (Fsp3) is 0.346. The fourth-order valence-electron chi connectivity index (χ4n) is 3.66. The zero-order chi connectivity index (χ0) is 26.6. The lowest BCUT2D eigenvalue weighted by Gasteiger charge is -2.22. The largest absolute Gasteiger partial charge is 0.444 e. The minimum atomic E-state index is -0.635. The van der Waals surface area contributed by atoms with Gasteiger partial charge in [-0.05, 0) is 51.8 Å². The number of ether oxygens (including phenoxy) is 1. The topological polar surface area (TPSA) is 111 Å². The van der Waals surface area contributed by atoms with E-state index >= 15 is 0 Å². The average Bonchev–Trinajstić information content (AvgIpc) is 3.39. The number of carbonyl (C=O) groups excluding carboxylic acids is 2. The van der Waals surface area contributed by atoms with Crippen molar-refractivity contribution in [2.75, 3.05) is 11.1 Å². The molecule has 2 N–H and O–H groups in total.